The molecule has 0 aromatic carbocycles. The summed E-state index contributed by atoms with van der Waals surface area (Å²) in [4.78, 5) is 0. The zero-order valence-electron chi connectivity index (χ0n) is 5.69. The fourth-order valence-electron chi connectivity index (χ4n) is 0.715. The summed E-state index contributed by atoms with van der Waals surface area (Å²) in [5.41, 5.74) is 0. The molecule has 0 aromatic heterocycles. The van der Waals surface area contributed by atoms with Crippen LogP contribution in [0, 0.1) is 0 Å². The summed E-state index contributed by atoms with van der Waals surface area (Å²) in [6.45, 7) is 0.367. The SMILES string of the molecule is Cl.O=S(=O)(O)C1=CCCCO1. The average Bonchev–Trinajstić information content (AvgIpc) is 1.88. The lowest BCUT2D eigenvalue weighted by Crippen LogP contribution is -2.10. The van der Waals surface area contributed by atoms with E-state index in [0.29, 0.717) is 13.0 Å². The van der Waals surface area contributed by atoms with Gasteiger partial charge in [0.15, 0.2) is 0 Å². The molecule has 0 saturated heterocycles. The van der Waals surface area contributed by atoms with Crippen LogP contribution >= 0.6 is 12.4 Å². The molecule has 0 fully saturated rings. The minimum absolute atomic E-state index is 0. The van der Waals surface area contributed by atoms with Gasteiger partial charge in [-0.1, -0.05) is 0 Å². The monoisotopic (exact) mass is 200 g/mol. The van der Waals surface area contributed by atoms with Gasteiger partial charge < -0.3 is 4.74 Å². The zero-order valence-corrected chi connectivity index (χ0v) is 7.32. The molecule has 1 heterocycles. The van der Waals surface area contributed by atoms with Crippen LogP contribution < -0.4 is 0 Å². The fraction of sp³-hybridized carbons (Fsp3) is 0.600. The van der Waals surface area contributed by atoms with Crippen LogP contribution in [0.15, 0.2) is 11.2 Å². The topological polar surface area (TPSA) is 63.6 Å². The number of rotatable bonds is 1. The predicted molar refractivity (Wildman–Crippen MR) is 42.1 cm³/mol. The summed E-state index contributed by atoms with van der Waals surface area (Å²) in [7, 11) is -4.09. The fourth-order valence-corrected chi connectivity index (χ4v) is 1.28. The summed E-state index contributed by atoms with van der Waals surface area (Å²) in [5.74, 6) is 0. The third-order valence-electron chi connectivity index (χ3n) is 1.16. The van der Waals surface area contributed by atoms with Crippen molar-refractivity contribution < 1.29 is 17.7 Å². The second-order valence-corrected chi connectivity index (χ2v) is 3.34. The van der Waals surface area contributed by atoms with Crippen LogP contribution in [0.2, 0.25) is 0 Å². The van der Waals surface area contributed by atoms with Crippen LogP contribution in [0.25, 0.3) is 0 Å². The lowest BCUT2D eigenvalue weighted by molar-refractivity contribution is 0.210. The van der Waals surface area contributed by atoms with Crippen molar-refractivity contribution in [1.29, 1.82) is 0 Å². The van der Waals surface area contributed by atoms with Crippen LogP contribution in [0.5, 0.6) is 0 Å². The van der Waals surface area contributed by atoms with Crippen molar-refractivity contribution in [2.75, 3.05) is 6.61 Å². The molecule has 0 saturated carbocycles. The molecule has 6 heteroatoms. The van der Waals surface area contributed by atoms with E-state index in [2.05, 4.69) is 4.74 Å². The first-order chi connectivity index (χ1) is 4.61. The minimum Gasteiger partial charge on any atom is -0.482 e. The van der Waals surface area contributed by atoms with Crippen molar-refractivity contribution >= 4 is 22.5 Å². The van der Waals surface area contributed by atoms with Crippen LogP contribution in [0.3, 0.4) is 0 Å². The summed E-state index contributed by atoms with van der Waals surface area (Å²) in [6.07, 6.45) is 2.83. The molecular weight excluding hydrogens is 192 g/mol. The van der Waals surface area contributed by atoms with Crippen molar-refractivity contribution in [3.05, 3.63) is 11.2 Å². The molecule has 4 nitrogen and oxygen atoms in total. The van der Waals surface area contributed by atoms with Gasteiger partial charge in [0, 0.05) is 0 Å². The van der Waals surface area contributed by atoms with Crippen molar-refractivity contribution in [2.45, 2.75) is 12.8 Å². The zero-order chi connectivity index (χ0) is 7.61. The van der Waals surface area contributed by atoms with Gasteiger partial charge in [-0.05, 0) is 18.9 Å². The molecule has 1 rings (SSSR count). The molecule has 0 amide bonds. The van der Waals surface area contributed by atoms with Crippen molar-refractivity contribution in [1.82, 2.24) is 0 Å². The lowest BCUT2D eigenvalue weighted by atomic mass is 10.3. The number of hydrogen-bond donors (Lipinski definition) is 1. The maximum Gasteiger partial charge on any atom is 0.327 e. The average molecular weight is 201 g/mol. The number of allylic oxidation sites excluding steroid dienone is 1. The van der Waals surface area contributed by atoms with Crippen molar-refractivity contribution in [2.24, 2.45) is 0 Å². The first-order valence-corrected chi connectivity index (χ1v) is 4.35. The van der Waals surface area contributed by atoms with Gasteiger partial charge in [0.25, 0.3) is 0 Å². The molecule has 11 heavy (non-hydrogen) atoms. The van der Waals surface area contributed by atoms with Gasteiger partial charge in [-0.2, -0.15) is 8.42 Å². The van der Waals surface area contributed by atoms with Gasteiger partial charge >= 0.3 is 10.1 Å². The molecule has 0 radical (unpaired) electrons. The largest absolute Gasteiger partial charge is 0.482 e. The van der Waals surface area contributed by atoms with Gasteiger partial charge in [-0.3, -0.25) is 4.55 Å². The maximum absolute atomic E-state index is 10.3. The van der Waals surface area contributed by atoms with E-state index in [1.54, 1.807) is 0 Å². The first-order valence-electron chi connectivity index (χ1n) is 2.91. The van der Waals surface area contributed by atoms with Crippen LogP contribution in [0.1, 0.15) is 12.8 Å². The van der Waals surface area contributed by atoms with Crippen molar-refractivity contribution in [3.63, 3.8) is 0 Å². The molecular formula is C5H9ClO4S. The van der Waals surface area contributed by atoms with E-state index in [1.165, 1.54) is 6.08 Å². The molecule has 0 aliphatic carbocycles. The van der Waals surface area contributed by atoms with Crippen molar-refractivity contribution in [3.8, 4) is 0 Å². The number of ether oxygens (including phenoxy) is 1. The second-order valence-electron chi connectivity index (χ2n) is 1.99. The molecule has 0 bridgehead atoms. The highest BCUT2D eigenvalue weighted by Gasteiger charge is 2.16. The third kappa shape index (κ3) is 3.09. The van der Waals surface area contributed by atoms with E-state index in [0.717, 1.165) is 6.42 Å². The summed E-state index contributed by atoms with van der Waals surface area (Å²) >= 11 is 0. The Morgan fingerprint density at radius 2 is 2.18 bits per heavy atom. The van der Waals surface area contributed by atoms with Crippen LogP contribution in [0.4, 0.5) is 0 Å². The maximum atomic E-state index is 10.3. The molecule has 0 atom stereocenters. The Morgan fingerprint density at radius 3 is 2.45 bits per heavy atom. The molecule has 0 unspecified atom stereocenters. The molecule has 0 aromatic rings. The number of hydrogen-bond acceptors (Lipinski definition) is 3. The Hall–Kier alpha value is -0.260. The Balaban J connectivity index is 0.000001000. The summed E-state index contributed by atoms with van der Waals surface area (Å²) in [5, 5.41) is -0.307. The van der Waals surface area contributed by atoms with Crippen LogP contribution in [-0.2, 0) is 14.9 Å². The Morgan fingerprint density at radius 1 is 1.55 bits per heavy atom. The van der Waals surface area contributed by atoms with E-state index in [1.807, 2.05) is 0 Å². The standard InChI is InChI=1S/C5H8O4S.ClH/c6-10(7,8)5-3-1-2-4-9-5;/h3H,1-2,4H2,(H,6,7,8);1H. The van der Waals surface area contributed by atoms with Gasteiger partial charge in [0.2, 0.25) is 5.09 Å². The normalized spacial score (nSPS) is 17.7. The van der Waals surface area contributed by atoms with E-state index >= 15 is 0 Å². The molecule has 1 N–H and O–H groups in total. The molecule has 1 aliphatic rings. The predicted octanol–water partition coefficient (Wildman–Crippen LogP) is 0.948. The highest BCUT2D eigenvalue weighted by Crippen LogP contribution is 2.13. The van der Waals surface area contributed by atoms with E-state index in [-0.39, 0.29) is 17.5 Å². The molecule has 66 valence electrons. The minimum atomic E-state index is -4.09. The molecule has 1 aliphatic heterocycles. The third-order valence-corrected chi connectivity index (χ3v) is 1.95. The highest BCUT2D eigenvalue weighted by molar-refractivity contribution is 7.89. The van der Waals surface area contributed by atoms with E-state index < -0.39 is 10.1 Å². The Bertz CT molecular complexity index is 243. The van der Waals surface area contributed by atoms with Crippen LogP contribution in [-0.4, -0.2) is 19.6 Å². The second kappa shape index (κ2) is 3.94. The first kappa shape index (κ1) is 10.7. The van der Waals surface area contributed by atoms with E-state index in [9.17, 15) is 8.42 Å². The summed E-state index contributed by atoms with van der Waals surface area (Å²) < 4.78 is 33.8. The van der Waals surface area contributed by atoms with Gasteiger partial charge in [-0.15, -0.1) is 12.4 Å². The quantitative estimate of drug-likeness (QED) is 0.640. The van der Waals surface area contributed by atoms with Gasteiger partial charge in [0.05, 0.1) is 6.61 Å². The van der Waals surface area contributed by atoms with E-state index in [4.69, 9.17) is 4.55 Å². The Labute approximate surface area is 71.4 Å². The number of halogens is 1. The molecule has 0 spiro atoms. The lowest BCUT2D eigenvalue weighted by Gasteiger charge is -2.10. The highest BCUT2D eigenvalue weighted by atomic mass is 35.5. The smallest absolute Gasteiger partial charge is 0.327 e. The Kier molecular flexibility index (Phi) is 3.85. The van der Waals surface area contributed by atoms with Gasteiger partial charge in [0.1, 0.15) is 0 Å². The summed E-state index contributed by atoms with van der Waals surface area (Å²) in [6, 6.07) is 0. The van der Waals surface area contributed by atoms with Gasteiger partial charge in [-0.25, -0.2) is 0 Å².